The van der Waals surface area contributed by atoms with E-state index < -0.39 is 0 Å². The highest BCUT2D eigenvalue weighted by Crippen LogP contribution is 2.27. The first-order chi connectivity index (χ1) is 8.20. The van der Waals surface area contributed by atoms with E-state index >= 15 is 0 Å². The molecule has 2 rings (SSSR count). The van der Waals surface area contributed by atoms with E-state index in [9.17, 15) is 4.79 Å². The maximum Gasteiger partial charge on any atom is 0.367 e. The van der Waals surface area contributed by atoms with Crippen LogP contribution in [0.15, 0.2) is 5.38 Å². The molecule has 0 amide bonds. The topological polar surface area (TPSA) is 42.4 Å². The van der Waals surface area contributed by atoms with Crippen molar-refractivity contribution in [3.05, 3.63) is 16.1 Å². The van der Waals surface area contributed by atoms with Crippen LogP contribution >= 0.6 is 11.3 Å². The molecule has 1 saturated heterocycles. The number of rotatable bonds is 3. The third-order valence-electron chi connectivity index (χ3n) is 3.01. The van der Waals surface area contributed by atoms with Gasteiger partial charge in [0.2, 0.25) is 5.01 Å². The Balaban J connectivity index is 2.04. The van der Waals surface area contributed by atoms with Crippen LogP contribution in [0.5, 0.6) is 0 Å². The van der Waals surface area contributed by atoms with Gasteiger partial charge in [-0.05, 0) is 33.4 Å². The Hall–Kier alpha value is -0.940. The molecule has 1 unspecified atom stereocenters. The predicted molar refractivity (Wildman–Crippen MR) is 67.5 cm³/mol. The third-order valence-corrected chi connectivity index (χ3v) is 3.86. The smallest absolute Gasteiger partial charge is 0.367 e. The van der Waals surface area contributed by atoms with Crippen molar-refractivity contribution in [3.63, 3.8) is 0 Å². The van der Waals surface area contributed by atoms with Crippen molar-refractivity contribution in [2.24, 2.45) is 0 Å². The van der Waals surface area contributed by atoms with Gasteiger partial charge in [-0.25, -0.2) is 9.78 Å². The SMILES string of the molecule is CCOC(=O)c1nc(C2CCCN(C)C2)cs1. The molecule has 0 aromatic carbocycles. The number of carbonyl (C=O) groups is 1. The molecule has 1 atom stereocenters. The molecule has 0 aliphatic carbocycles. The maximum atomic E-state index is 11.5. The van der Waals surface area contributed by atoms with Crippen molar-refractivity contribution in [2.75, 3.05) is 26.7 Å². The minimum Gasteiger partial charge on any atom is -0.461 e. The largest absolute Gasteiger partial charge is 0.461 e. The molecular formula is C12H18N2O2S. The van der Waals surface area contributed by atoms with Crippen molar-refractivity contribution in [3.8, 4) is 0 Å². The third kappa shape index (κ3) is 3.04. The summed E-state index contributed by atoms with van der Waals surface area (Å²) in [5.41, 5.74) is 1.05. The summed E-state index contributed by atoms with van der Waals surface area (Å²) in [7, 11) is 2.13. The highest BCUT2D eigenvalue weighted by atomic mass is 32.1. The van der Waals surface area contributed by atoms with Crippen molar-refractivity contribution >= 4 is 17.3 Å². The Morgan fingerprint density at radius 1 is 1.71 bits per heavy atom. The molecule has 94 valence electrons. The highest BCUT2D eigenvalue weighted by molar-refractivity contribution is 7.11. The van der Waals surface area contributed by atoms with Gasteiger partial charge in [-0.15, -0.1) is 11.3 Å². The maximum absolute atomic E-state index is 11.5. The second-order valence-electron chi connectivity index (χ2n) is 4.40. The molecule has 5 heteroatoms. The lowest BCUT2D eigenvalue weighted by Crippen LogP contribution is -2.31. The predicted octanol–water partition coefficient (Wildman–Crippen LogP) is 2.13. The zero-order valence-corrected chi connectivity index (χ0v) is 11.1. The zero-order chi connectivity index (χ0) is 12.3. The minimum absolute atomic E-state index is 0.298. The van der Waals surface area contributed by atoms with Gasteiger partial charge in [0.15, 0.2) is 0 Å². The van der Waals surface area contributed by atoms with Gasteiger partial charge in [-0.2, -0.15) is 0 Å². The average molecular weight is 254 g/mol. The van der Waals surface area contributed by atoms with Crippen LogP contribution in [-0.4, -0.2) is 42.6 Å². The number of hydrogen-bond acceptors (Lipinski definition) is 5. The minimum atomic E-state index is -0.298. The van der Waals surface area contributed by atoms with Crippen LogP contribution in [0.2, 0.25) is 0 Å². The molecule has 1 aromatic rings. The van der Waals surface area contributed by atoms with E-state index in [0.29, 0.717) is 17.5 Å². The lowest BCUT2D eigenvalue weighted by molar-refractivity contribution is 0.0525. The van der Waals surface area contributed by atoms with E-state index in [4.69, 9.17) is 4.74 Å². The van der Waals surface area contributed by atoms with E-state index in [2.05, 4.69) is 16.9 Å². The Labute approximate surface area is 106 Å². The second kappa shape index (κ2) is 5.60. The van der Waals surface area contributed by atoms with Gasteiger partial charge in [-0.3, -0.25) is 0 Å². The first kappa shape index (κ1) is 12.5. The standard InChI is InChI=1S/C12H18N2O2S/c1-3-16-12(15)11-13-10(8-17-11)9-5-4-6-14(2)7-9/h8-9H,3-7H2,1-2H3. The number of likely N-dealkylation sites (tertiary alicyclic amines) is 1. The van der Waals surface area contributed by atoms with E-state index in [1.165, 1.54) is 17.8 Å². The van der Waals surface area contributed by atoms with Crippen molar-refractivity contribution in [1.29, 1.82) is 0 Å². The van der Waals surface area contributed by atoms with Gasteiger partial charge in [0.1, 0.15) is 0 Å². The number of thiazole rings is 1. The molecule has 1 fully saturated rings. The summed E-state index contributed by atoms with van der Waals surface area (Å²) in [6.07, 6.45) is 2.36. The summed E-state index contributed by atoms with van der Waals surface area (Å²) in [4.78, 5) is 18.2. The Bertz CT molecular complexity index is 392. The fourth-order valence-electron chi connectivity index (χ4n) is 2.17. The lowest BCUT2D eigenvalue weighted by atomic mass is 9.96. The summed E-state index contributed by atoms with van der Waals surface area (Å²) in [5, 5.41) is 2.48. The van der Waals surface area contributed by atoms with Crippen molar-refractivity contribution in [1.82, 2.24) is 9.88 Å². The molecule has 0 bridgehead atoms. The number of hydrogen-bond donors (Lipinski definition) is 0. The van der Waals surface area contributed by atoms with E-state index in [-0.39, 0.29) is 5.97 Å². The van der Waals surface area contributed by atoms with E-state index in [0.717, 1.165) is 25.2 Å². The first-order valence-corrected chi connectivity index (χ1v) is 6.89. The number of piperidine rings is 1. The summed E-state index contributed by atoms with van der Waals surface area (Å²) in [5.74, 6) is 0.168. The molecule has 17 heavy (non-hydrogen) atoms. The number of esters is 1. The van der Waals surface area contributed by atoms with Crippen LogP contribution in [-0.2, 0) is 4.74 Å². The summed E-state index contributed by atoms with van der Waals surface area (Å²) >= 11 is 1.39. The van der Waals surface area contributed by atoms with Crippen LogP contribution in [0.25, 0.3) is 0 Å². The number of ether oxygens (including phenoxy) is 1. The van der Waals surface area contributed by atoms with Crippen LogP contribution in [0.3, 0.4) is 0 Å². The van der Waals surface area contributed by atoms with E-state index in [1.807, 2.05) is 12.3 Å². The highest BCUT2D eigenvalue weighted by Gasteiger charge is 2.22. The Morgan fingerprint density at radius 2 is 2.53 bits per heavy atom. The van der Waals surface area contributed by atoms with Gasteiger partial charge in [0, 0.05) is 17.8 Å². The summed E-state index contributed by atoms with van der Waals surface area (Å²) in [6.45, 7) is 4.40. The molecule has 0 spiro atoms. The van der Waals surface area contributed by atoms with Crippen LogP contribution in [0.1, 0.15) is 41.2 Å². The summed E-state index contributed by atoms with van der Waals surface area (Å²) in [6, 6.07) is 0. The summed E-state index contributed by atoms with van der Waals surface area (Å²) < 4.78 is 4.95. The molecule has 0 N–H and O–H groups in total. The quantitative estimate of drug-likeness (QED) is 0.775. The number of aromatic nitrogens is 1. The second-order valence-corrected chi connectivity index (χ2v) is 5.26. The normalized spacial score (nSPS) is 21.4. The van der Waals surface area contributed by atoms with Gasteiger partial charge >= 0.3 is 5.97 Å². The van der Waals surface area contributed by atoms with Gasteiger partial charge in [0.05, 0.1) is 12.3 Å². The van der Waals surface area contributed by atoms with Crippen molar-refractivity contribution in [2.45, 2.75) is 25.7 Å². The van der Waals surface area contributed by atoms with Crippen molar-refractivity contribution < 1.29 is 9.53 Å². The molecule has 1 aliphatic heterocycles. The van der Waals surface area contributed by atoms with Gasteiger partial charge in [0.25, 0.3) is 0 Å². The molecular weight excluding hydrogens is 236 g/mol. The van der Waals surface area contributed by atoms with Crippen LogP contribution in [0.4, 0.5) is 0 Å². The number of carbonyl (C=O) groups excluding carboxylic acids is 1. The number of likely N-dealkylation sites (N-methyl/N-ethyl adjacent to an activating group) is 1. The Morgan fingerprint density at radius 3 is 3.24 bits per heavy atom. The molecule has 2 heterocycles. The molecule has 0 saturated carbocycles. The zero-order valence-electron chi connectivity index (χ0n) is 10.3. The van der Waals surface area contributed by atoms with E-state index in [1.54, 1.807) is 0 Å². The van der Waals surface area contributed by atoms with Gasteiger partial charge < -0.3 is 9.64 Å². The first-order valence-electron chi connectivity index (χ1n) is 6.01. The fraction of sp³-hybridized carbons (Fsp3) is 0.667. The molecule has 4 nitrogen and oxygen atoms in total. The Kier molecular flexibility index (Phi) is 4.12. The van der Waals surface area contributed by atoms with Gasteiger partial charge in [-0.1, -0.05) is 0 Å². The van der Waals surface area contributed by atoms with Crippen LogP contribution in [0, 0.1) is 0 Å². The van der Waals surface area contributed by atoms with Crippen LogP contribution < -0.4 is 0 Å². The fourth-order valence-corrected chi connectivity index (χ4v) is 2.96. The molecule has 0 radical (unpaired) electrons. The number of nitrogens with zero attached hydrogens (tertiary/aromatic N) is 2. The molecule has 1 aliphatic rings. The average Bonchev–Trinajstić information content (AvgIpc) is 2.78. The monoisotopic (exact) mass is 254 g/mol. The molecule has 1 aromatic heterocycles. The lowest BCUT2D eigenvalue weighted by Gasteiger charge is -2.28.